The molecular weight excluding hydrogens is 240 g/mol. The summed E-state index contributed by atoms with van der Waals surface area (Å²) in [6, 6.07) is 4.77. The lowest BCUT2D eigenvalue weighted by molar-refractivity contribution is 0.283. The highest BCUT2D eigenvalue weighted by molar-refractivity contribution is 5.48. The van der Waals surface area contributed by atoms with Crippen LogP contribution in [0.5, 0.6) is 17.2 Å². The molecule has 0 saturated carbocycles. The second-order valence-electron chi connectivity index (χ2n) is 4.95. The molecule has 19 heavy (non-hydrogen) atoms. The Morgan fingerprint density at radius 1 is 0.895 bits per heavy atom. The van der Waals surface area contributed by atoms with Crippen molar-refractivity contribution < 1.29 is 14.9 Å². The summed E-state index contributed by atoms with van der Waals surface area (Å²) in [6.45, 7) is 2.82. The minimum absolute atomic E-state index is 0.131. The van der Waals surface area contributed by atoms with Gasteiger partial charge in [0.2, 0.25) is 5.75 Å². The Hall–Kier alpha value is -1.38. The highest BCUT2D eigenvalue weighted by Gasteiger charge is 2.05. The van der Waals surface area contributed by atoms with Crippen LogP contribution in [0.1, 0.15) is 58.3 Å². The van der Waals surface area contributed by atoms with E-state index in [4.69, 9.17) is 4.74 Å². The third-order valence-electron chi connectivity index (χ3n) is 3.23. The maximum Gasteiger partial charge on any atom is 0.200 e. The highest BCUT2D eigenvalue weighted by atomic mass is 16.5. The second-order valence-corrected chi connectivity index (χ2v) is 4.95. The van der Waals surface area contributed by atoms with Crippen molar-refractivity contribution in [1.29, 1.82) is 0 Å². The summed E-state index contributed by atoms with van der Waals surface area (Å²) in [4.78, 5) is 0. The zero-order valence-corrected chi connectivity index (χ0v) is 11.9. The first kappa shape index (κ1) is 15.7. The summed E-state index contributed by atoms with van der Waals surface area (Å²) in [5.41, 5.74) is 0. The van der Waals surface area contributed by atoms with Crippen molar-refractivity contribution in [2.24, 2.45) is 0 Å². The van der Waals surface area contributed by atoms with Gasteiger partial charge in [0.05, 0.1) is 6.61 Å². The van der Waals surface area contributed by atoms with Gasteiger partial charge in [-0.1, -0.05) is 57.9 Å². The van der Waals surface area contributed by atoms with Gasteiger partial charge in [0.15, 0.2) is 11.5 Å². The van der Waals surface area contributed by atoms with Crippen LogP contribution >= 0.6 is 0 Å². The smallest absolute Gasteiger partial charge is 0.200 e. The second kappa shape index (κ2) is 9.54. The number of para-hydroxylation sites is 1. The first-order valence-electron chi connectivity index (χ1n) is 7.39. The largest absolute Gasteiger partial charge is 0.504 e. The van der Waals surface area contributed by atoms with E-state index in [2.05, 4.69) is 6.92 Å². The Kier molecular flexibility index (Phi) is 7.87. The third kappa shape index (κ3) is 6.37. The van der Waals surface area contributed by atoms with Crippen molar-refractivity contribution in [3.05, 3.63) is 18.2 Å². The molecule has 0 atom stereocenters. The van der Waals surface area contributed by atoms with E-state index in [0.29, 0.717) is 12.4 Å². The van der Waals surface area contributed by atoms with Crippen molar-refractivity contribution in [2.45, 2.75) is 58.3 Å². The van der Waals surface area contributed by atoms with Crippen LogP contribution in [0.15, 0.2) is 18.2 Å². The average molecular weight is 266 g/mol. The fraction of sp³-hybridized carbons (Fsp3) is 0.625. The van der Waals surface area contributed by atoms with Gasteiger partial charge in [0.1, 0.15) is 0 Å². The lowest BCUT2D eigenvalue weighted by Gasteiger charge is -2.08. The number of ether oxygens (including phenoxy) is 1. The van der Waals surface area contributed by atoms with Gasteiger partial charge < -0.3 is 14.9 Å². The predicted octanol–water partition coefficient (Wildman–Crippen LogP) is 4.62. The molecule has 3 nitrogen and oxygen atoms in total. The molecule has 2 N–H and O–H groups in total. The van der Waals surface area contributed by atoms with Crippen LogP contribution in [0, 0.1) is 0 Å². The number of hydrogen-bond acceptors (Lipinski definition) is 3. The van der Waals surface area contributed by atoms with Gasteiger partial charge in [-0.15, -0.1) is 0 Å². The van der Waals surface area contributed by atoms with Crippen LogP contribution < -0.4 is 4.74 Å². The summed E-state index contributed by atoms with van der Waals surface area (Å²) in [5, 5.41) is 18.9. The van der Waals surface area contributed by atoms with E-state index in [-0.39, 0.29) is 11.5 Å². The molecule has 1 aromatic carbocycles. The summed E-state index contributed by atoms with van der Waals surface area (Å²) in [6.07, 6.45) is 10.0. The molecule has 0 bridgehead atoms. The minimum Gasteiger partial charge on any atom is -0.504 e. The lowest BCUT2D eigenvalue weighted by Crippen LogP contribution is -1.97. The maximum absolute atomic E-state index is 9.55. The molecule has 0 spiro atoms. The number of benzene rings is 1. The Balaban J connectivity index is 2.03. The quantitative estimate of drug-likeness (QED) is 0.480. The fourth-order valence-corrected chi connectivity index (χ4v) is 2.05. The summed E-state index contributed by atoms with van der Waals surface area (Å²) in [5.74, 6) is 0.0680. The molecule has 0 aliphatic heterocycles. The van der Waals surface area contributed by atoms with E-state index in [1.807, 2.05) is 0 Å². The van der Waals surface area contributed by atoms with E-state index in [9.17, 15) is 10.2 Å². The summed E-state index contributed by atoms with van der Waals surface area (Å²) >= 11 is 0. The van der Waals surface area contributed by atoms with Crippen LogP contribution in [0.4, 0.5) is 0 Å². The Morgan fingerprint density at radius 3 is 2.21 bits per heavy atom. The van der Waals surface area contributed by atoms with E-state index in [1.165, 1.54) is 44.6 Å². The zero-order valence-electron chi connectivity index (χ0n) is 11.9. The van der Waals surface area contributed by atoms with Crippen molar-refractivity contribution in [3.8, 4) is 17.2 Å². The van der Waals surface area contributed by atoms with E-state index < -0.39 is 0 Å². The molecule has 0 aliphatic carbocycles. The minimum atomic E-state index is -0.165. The summed E-state index contributed by atoms with van der Waals surface area (Å²) < 4.78 is 5.45. The molecule has 3 heteroatoms. The number of hydrogen-bond donors (Lipinski definition) is 2. The molecular formula is C16H26O3. The van der Waals surface area contributed by atoms with Gasteiger partial charge in [-0.2, -0.15) is 0 Å². The zero-order chi connectivity index (χ0) is 13.9. The molecule has 0 amide bonds. The van der Waals surface area contributed by atoms with Gasteiger partial charge in [0, 0.05) is 0 Å². The molecule has 0 saturated heterocycles. The van der Waals surface area contributed by atoms with Crippen LogP contribution in [0.2, 0.25) is 0 Å². The van der Waals surface area contributed by atoms with Crippen molar-refractivity contribution in [3.63, 3.8) is 0 Å². The van der Waals surface area contributed by atoms with Gasteiger partial charge in [0.25, 0.3) is 0 Å². The van der Waals surface area contributed by atoms with Gasteiger partial charge in [-0.25, -0.2) is 0 Å². The SMILES string of the molecule is CCCCCCCCCCOc1cccc(O)c1O. The van der Waals surface area contributed by atoms with Crippen molar-refractivity contribution in [1.82, 2.24) is 0 Å². The van der Waals surface area contributed by atoms with Crippen molar-refractivity contribution in [2.75, 3.05) is 6.61 Å². The predicted molar refractivity (Wildman–Crippen MR) is 77.9 cm³/mol. The lowest BCUT2D eigenvalue weighted by atomic mass is 10.1. The van der Waals surface area contributed by atoms with Crippen LogP contribution in [0.25, 0.3) is 0 Å². The summed E-state index contributed by atoms with van der Waals surface area (Å²) in [7, 11) is 0. The van der Waals surface area contributed by atoms with Crippen LogP contribution in [-0.4, -0.2) is 16.8 Å². The molecule has 0 radical (unpaired) electrons. The van der Waals surface area contributed by atoms with Crippen LogP contribution in [0.3, 0.4) is 0 Å². The Labute approximate surface area is 116 Å². The molecule has 0 aliphatic rings. The maximum atomic E-state index is 9.55. The average Bonchev–Trinajstić information content (AvgIpc) is 2.41. The standard InChI is InChI=1S/C16H26O3/c1-2-3-4-5-6-7-8-9-13-19-15-12-10-11-14(17)16(15)18/h10-12,17-18H,2-9,13H2,1H3. The number of phenolic OH excluding ortho intramolecular Hbond substituents is 2. The number of rotatable bonds is 10. The molecule has 0 unspecified atom stereocenters. The van der Waals surface area contributed by atoms with Crippen molar-refractivity contribution >= 4 is 0 Å². The molecule has 1 rings (SSSR count). The molecule has 108 valence electrons. The van der Waals surface area contributed by atoms with Gasteiger partial charge in [-0.05, 0) is 18.6 Å². The van der Waals surface area contributed by atoms with E-state index in [0.717, 1.165) is 12.8 Å². The van der Waals surface area contributed by atoms with E-state index >= 15 is 0 Å². The van der Waals surface area contributed by atoms with E-state index in [1.54, 1.807) is 12.1 Å². The number of unbranched alkanes of at least 4 members (excludes halogenated alkanes) is 7. The molecule has 0 heterocycles. The Bertz CT molecular complexity index is 350. The number of aromatic hydroxyl groups is 2. The molecule has 0 fully saturated rings. The topological polar surface area (TPSA) is 49.7 Å². The van der Waals surface area contributed by atoms with Gasteiger partial charge in [-0.3, -0.25) is 0 Å². The number of phenols is 2. The highest BCUT2D eigenvalue weighted by Crippen LogP contribution is 2.34. The first-order chi connectivity index (χ1) is 9.25. The normalized spacial score (nSPS) is 10.6. The van der Waals surface area contributed by atoms with Crippen LogP contribution in [-0.2, 0) is 0 Å². The van der Waals surface area contributed by atoms with Gasteiger partial charge >= 0.3 is 0 Å². The molecule has 0 aromatic heterocycles. The third-order valence-corrected chi connectivity index (χ3v) is 3.23. The Morgan fingerprint density at radius 2 is 1.53 bits per heavy atom. The fourth-order valence-electron chi connectivity index (χ4n) is 2.05. The first-order valence-corrected chi connectivity index (χ1v) is 7.39. The molecule has 1 aromatic rings. The monoisotopic (exact) mass is 266 g/mol.